The quantitative estimate of drug-likeness (QED) is 0.499. The molecule has 0 aromatic heterocycles. The van der Waals surface area contributed by atoms with Crippen LogP contribution in [0.4, 0.5) is 15.8 Å². The highest BCUT2D eigenvalue weighted by Crippen LogP contribution is 2.22. The Morgan fingerprint density at radius 1 is 1.24 bits per heavy atom. The summed E-state index contributed by atoms with van der Waals surface area (Å²) in [6, 6.07) is 9.89. The van der Waals surface area contributed by atoms with E-state index in [0.717, 1.165) is 0 Å². The van der Waals surface area contributed by atoms with Crippen molar-refractivity contribution in [3.05, 3.63) is 63.4 Å². The van der Waals surface area contributed by atoms with Gasteiger partial charge in [-0.15, -0.1) is 0 Å². The van der Waals surface area contributed by atoms with Crippen molar-refractivity contribution in [1.29, 1.82) is 0 Å². The molecule has 0 atom stereocenters. The van der Waals surface area contributed by atoms with Gasteiger partial charge in [-0.25, -0.2) is 4.39 Å². The third-order valence-electron chi connectivity index (χ3n) is 2.66. The number of halogens is 2. The highest BCUT2D eigenvalue weighted by atomic mass is 35.5. The molecule has 2 aromatic rings. The van der Waals surface area contributed by atoms with Crippen molar-refractivity contribution in [3.8, 4) is 5.75 Å². The largest absolute Gasteiger partial charge is 0.492 e. The highest BCUT2D eigenvalue weighted by Gasteiger charge is 2.04. The molecule has 0 spiro atoms. The van der Waals surface area contributed by atoms with Crippen molar-refractivity contribution in [1.82, 2.24) is 0 Å². The van der Waals surface area contributed by atoms with Crippen molar-refractivity contribution < 1.29 is 14.1 Å². The van der Waals surface area contributed by atoms with Crippen LogP contribution in [0.5, 0.6) is 5.75 Å². The van der Waals surface area contributed by atoms with E-state index >= 15 is 0 Å². The molecule has 0 bridgehead atoms. The molecule has 0 aliphatic rings. The van der Waals surface area contributed by atoms with Crippen LogP contribution in [0.1, 0.15) is 0 Å². The van der Waals surface area contributed by atoms with Gasteiger partial charge >= 0.3 is 0 Å². The summed E-state index contributed by atoms with van der Waals surface area (Å²) in [7, 11) is 0. The number of hydrogen-bond acceptors (Lipinski definition) is 4. The van der Waals surface area contributed by atoms with Gasteiger partial charge in [-0.2, -0.15) is 0 Å². The summed E-state index contributed by atoms with van der Waals surface area (Å²) >= 11 is 5.87. The summed E-state index contributed by atoms with van der Waals surface area (Å²) in [5.41, 5.74) is 0.629. The zero-order valence-electron chi connectivity index (χ0n) is 10.9. The van der Waals surface area contributed by atoms with Gasteiger partial charge in [0.25, 0.3) is 5.69 Å². The summed E-state index contributed by atoms with van der Waals surface area (Å²) in [6.45, 7) is 0.799. The van der Waals surface area contributed by atoms with E-state index < -0.39 is 10.7 Å². The van der Waals surface area contributed by atoms with Crippen LogP contribution in [0.3, 0.4) is 0 Å². The molecule has 1 N–H and O–H groups in total. The molecular formula is C14H12ClFN2O3. The number of nitrogens with zero attached hydrogens (tertiary/aromatic N) is 1. The monoisotopic (exact) mass is 310 g/mol. The van der Waals surface area contributed by atoms with E-state index in [-0.39, 0.29) is 5.69 Å². The minimum atomic E-state index is -0.470. The van der Waals surface area contributed by atoms with Gasteiger partial charge in [-0.05, 0) is 30.3 Å². The molecule has 0 saturated heterocycles. The third kappa shape index (κ3) is 4.32. The first-order valence-electron chi connectivity index (χ1n) is 6.12. The molecule has 0 aliphatic carbocycles. The Kier molecular flexibility index (Phi) is 4.94. The van der Waals surface area contributed by atoms with Gasteiger partial charge in [0.2, 0.25) is 0 Å². The second kappa shape index (κ2) is 6.90. The Bertz CT molecular complexity index is 635. The summed E-state index contributed by atoms with van der Waals surface area (Å²) in [5.74, 6) is 0.139. The molecule has 2 rings (SSSR count). The fraction of sp³-hybridized carbons (Fsp3) is 0.143. The predicted octanol–water partition coefficient (Wildman–Crippen LogP) is 3.88. The number of nitro groups is 1. The zero-order chi connectivity index (χ0) is 15.2. The van der Waals surface area contributed by atoms with Gasteiger partial charge in [-0.3, -0.25) is 10.1 Å². The average Bonchev–Trinajstić information content (AvgIpc) is 2.46. The van der Waals surface area contributed by atoms with Crippen molar-refractivity contribution in [2.75, 3.05) is 18.5 Å². The molecule has 21 heavy (non-hydrogen) atoms. The number of ether oxygens (including phenoxy) is 1. The number of nitrogens with one attached hydrogen (secondary N) is 1. The maximum absolute atomic E-state index is 12.9. The maximum Gasteiger partial charge on any atom is 0.269 e. The summed E-state index contributed by atoms with van der Waals surface area (Å²) < 4.78 is 18.3. The molecule has 0 radical (unpaired) electrons. The van der Waals surface area contributed by atoms with Crippen LogP contribution < -0.4 is 10.1 Å². The van der Waals surface area contributed by atoms with Crippen molar-refractivity contribution in [3.63, 3.8) is 0 Å². The van der Waals surface area contributed by atoms with Crippen LogP contribution in [0.25, 0.3) is 0 Å². The molecule has 0 fully saturated rings. The lowest BCUT2D eigenvalue weighted by Gasteiger charge is -2.09. The number of non-ortho nitro benzene ring substituents is 1. The molecule has 7 heteroatoms. The van der Waals surface area contributed by atoms with Crippen molar-refractivity contribution in [2.45, 2.75) is 0 Å². The second-order valence-electron chi connectivity index (χ2n) is 4.15. The first kappa shape index (κ1) is 15.1. The SMILES string of the molecule is O=[N+]([O-])c1ccc(OCCNc2ccc(F)cc2Cl)cc1. The van der Waals surface area contributed by atoms with E-state index in [1.165, 1.54) is 36.4 Å². The van der Waals surface area contributed by atoms with Crippen LogP contribution >= 0.6 is 11.6 Å². The lowest BCUT2D eigenvalue weighted by Crippen LogP contribution is -2.11. The van der Waals surface area contributed by atoms with Crippen LogP contribution in [-0.4, -0.2) is 18.1 Å². The van der Waals surface area contributed by atoms with Crippen LogP contribution in [-0.2, 0) is 0 Å². The third-order valence-corrected chi connectivity index (χ3v) is 2.98. The number of hydrogen-bond donors (Lipinski definition) is 1. The lowest BCUT2D eigenvalue weighted by atomic mass is 10.3. The van der Waals surface area contributed by atoms with E-state index in [0.29, 0.717) is 29.6 Å². The zero-order valence-corrected chi connectivity index (χ0v) is 11.6. The highest BCUT2D eigenvalue weighted by molar-refractivity contribution is 6.33. The Balaban J connectivity index is 1.80. The Morgan fingerprint density at radius 3 is 2.57 bits per heavy atom. The van der Waals surface area contributed by atoms with Gasteiger partial charge in [-0.1, -0.05) is 11.6 Å². The molecule has 0 amide bonds. The topological polar surface area (TPSA) is 64.4 Å². The Morgan fingerprint density at radius 2 is 1.95 bits per heavy atom. The van der Waals surface area contributed by atoms with Crippen LogP contribution in [0, 0.1) is 15.9 Å². The van der Waals surface area contributed by atoms with Crippen molar-refractivity contribution >= 4 is 23.0 Å². The Hall–Kier alpha value is -2.34. The van der Waals surface area contributed by atoms with Crippen molar-refractivity contribution in [2.24, 2.45) is 0 Å². The van der Waals surface area contributed by atoms with E-state index in [1.807, 2.05) is 0 Å². The predicted molar refractivity (Wildman–Crippen MR) is 78.5 cm³/mol. The number of benzene rings is 2. The minimum Gasteiger partial charge on any atom is -0.492 e. The maximum atomic E-state index is 12.9. The smallest absolute Gasteiger partial charge is 0.269 e. The average molecular weight is 311 g/mol. The molecule has 0 heterocycles. The molecule has 110 valence electrons. The second-order valence-corrected chi connectivity index (χ2v) is 4.56. The van der Waals surface area contributed by atoms with Gasteiger partial charge in [0.1, 0.15) is 18.2 Å². The molecule has 5 nitrogen and oxygen atoms in total. The number of anilines is 1. The summed E-state index contributed by atoms with van der Waals surface area (Å²) in [5, 5.41) is 13.8. The fourth-order valence-corrected chi connectivity index (χ4v) is 1.89. The van der Waals surface area contributed by atoms with Gasteiger partial charge in [0.15, 0.2) is 0 Å². The van der Waals surface area contributed by atoms with E-state index in [9.17, 15) is 14.5 Å². The molecule has 0 unspecified atom stereocenters. The molecule has 2 aromatic carbocycles. The van der Waals surface area contributed by atoms with Gasteiger partial charge < -0.3 is 10.1 Å². The van der Waals surface area contributed by atoms with E-state index in [2.05, 4.69) is 5.32 Å². The first-order chi connectivity index (χ1) is 10.1. The minimum absolute atomic E-state index is 0.0126. The van der Waals surface area contributed by atoms with E-state index in [1.54, 1.807) is 6.07 Å². The number of rotatable bonds is 6. The van der Waals surface area contributed by atoms with E-state index in [4.69, 9.17) is 16.3 Å². The van der Waals surface area contributed by atoms with Gasteiger partial charge in [0.05, 0.1) is 15.6 Å². The van der Waals surface area contributed by atoms with Crippen LogP contribution in [0.2, 0.25) is 5.02 Å². The normalized spacial score (nSPS) is 10.2. The summed E-state index contributed by atoms with van der Waals surface area (Å²) in [4.78, 5) is 10.0. The molecular weight excluding hydrogens is 299 g/mol. The van der Waals surface area contributed by atoms with Gasteiger partial charge in [0, 0.05) is 18.7 Å². The summed E-state index contributed by atoms with van der Waals surface area (Å²) in [6.07, 6.45) is 0. The number of nitro benzene ring substituents is 1. The fourth-order valence-electron chi connectivity index (χ4n) is 1.65. The molecule has 0 aliphatic heterocycles. The standard InChI is InChI=1S/C14H12ClFN2O3/c15-13-9-10(16)1-6-14(13)17-7-8-21-12-4-2-11(3-5-12)18(19)20/h1-6,9,17H,7-8H2. The first-order valence-corrected chi connectivity index (χ1v) is 6.50. The lowest BCUT2D eigenvalue weighted by molar-refractivity contribution is -0.384. The molecule has 0 saturated carbocycles. The Labute approximate surface area is 125 Å². The van der Waals surface area contributed by atoms with Crippen LogP contribution in [0.15, 0.2) is 42.5 Å².